The summed E-state index contributed by atoms with van der Waals surface area (Å²) >= 11 is 4.70. The Hall–Kier alpha value is -1.60. The van der Waals surface area contributed by atoms with Crippen molar-refractivity contribution in [1.29, 1.82) is 0 Å². The molecular weight excluding hydrogens is 342 g/mol. The highest BCUT2D eigenvalue weighted by Crippen LogP contribution is 2.25. The van der Waals surface area contributed by atoms with Crippen LogP contribution in [0.15, 0.2) is 33.9 Å². The Labute approximate surface area is 129 Å². The van der Waals surface area contributed by atoms with Crippen LogP contribution in [0.5, 0.6) is 0 Å². The van der Waals surface area contributed by atoms with Crippen molar-refractivity contribution < 1.29 is 9.90 Å². The number of aromatic carboxylic acids is 1. The summed E-state index contributed by atoms with van der Waals surface area (Å²) < 4.78 is 0.712. The van der Waals surface area contributed by atoms with E-state index in [1.807, 2.05) is 13.2 Å². The molecule has 0 saturated heterocycles. The molecule has 0 spiro atoms. The van der Waals surface area contributed by atoms with Crippen molar-refractivity contribution in [3.05, 3.63) is 40.0 Å². The molecule has 0 radical (unpaired) electrons. The van der Waals surface area contributed by atoms with Gasteiger partial charge in [-0.05, 0) is 31.4 Å². The summed E-state index contributed by atoms with van der Waals surface area (Å²) in [5, 5.41) is 12.9. The van der Waals surface area contributed by atoms with Gasteiger partial charge >= 0.3 is 5.97 Å². The van der Waals surface area contributed by atoms with E-state index in [1.54, 1.807) is 24.3 Å². The molecule has 104 valence electrons. The molecule has 0 saturated carbocycles. The number of anilines is 2. The van der Waals surface area contributed by atoms with E-state index in [4.69, 9.17) is 0 Å². The standard InChI is InChI=1S/C13H12BrN3O2S/c1-7-5-11(17-13(15-7)20-2)16-10-4-3-8(14)6-9(10)12(18)19/h3-6H,1-2H3,(H,18,19)(H,15,16,17). The van der Waals surface area contributed by atoms with Gasteiger partial charge in [0.1, 0.15) is 5.82 Å². The summed E-state index contributed by atoms with van der Waals surface area (Å²) in [5.41, 5.74) is 1.49. The van der Waals surface area contributed by atoms with E-state index in [-0.39, 0.29) is 5.56 Å². The highest BCUT2D eigenvalue weighted by molar-refractivity contribution is 9.10. The molecule has 0 atom stereocenters. The lowest BCUT2D eigenvalue weighted by atomic mass is 10.2. The van der Waals surface area contributed by atoms with Crippen LogP contribution in [0.1, 0.15) is 16.1 Å². The fourth-order valence-electron chi connectivity index (χ4n) is 1.64. The highest BCUT2D eigenvalue weighted by Gasteiger charge is 2.12. The molecule has 0 aliphatic rings. The van der Waals surface area contributed by atoms with E-state index >= 15 is 0 Å². The van der Waals surface area contributed by atoms with E-state index in [2.05, 4.69) is 31.2 Å². The first-order valence-electron chi connectivity index (χ1n) is 5.69. The number of rotatable bonds is 4. The predicted octanol–water partition coefficient (Wildman–Crippen LogP) is 3.71. The van der Waals surface area contributed by atoms with E-state index in [9.17, 15) is 9.90 Å². The number of carboxylic acids is 1. The Morgan fingerprint density at radius 2 is 2.10 bits per heavy atom. The lowest BCUT2D eigenvalue weighted by Gasteiger charge is -2.10. The van der Waals surface area contributed by atoms with E-state index in [0.717, 1.165) is 5.69 Å². The molecule has 0 unspecified atom stereocenters. The van der Waals surface area contributed by atoms with Gasteiger partial charge in [-0.25, -0.2) is 14.8 Å². The molecule has 0 bridgehead atoms. The number of aromatic nitrogens is 2. The van der Waals surface area contributed by atoms with Gasteiger partial charge < -0.3 is 10.4 Å². The Bertz CT molecular complexity index is 664. The number of hydrogen-bond acceptors (Lipinski definition) is 5. The Morgan fingerprint density at radius 1 is 1.35 bits per heavy atom. The van der Waals surface area contributed by atoms with E-state index in [1.165, 1.54) is 11.8 Å². The number of benzene rings is 1. The van der Waals surface area contributed by atoms with Crippen LogP contribution >= 0.6 is 27.7 Å². The minimum Gasteiger partial charge on any atom is -0.478 e. The summed E-state index contributed by atoms with van der Waals surface area (Å²) in [6, 6.07) is 6.80. The lowest BCUT2D eigenvalue weighted by Crippen LogP contribution is -2.04. The topological polar surface area (TPSA) is 75.1 Å². The fraction of sp³-hybridized carbons (Fsp3) is 0.154. The fourth-order valence-corrected chi connectivity index (χ4v) is 2.42. The number of nitrogens with one attached hydrogen (secondary N) is 1. The Morgan fingerprint density at radius 3 is 2.75 bits per heavy atom. The smallest absolute Gasteiger partial charge is 0.337 e. The van der Waals surface area contributed by atoms with Crippen LogP contribution in [-0.2, 0) is 0 Å². The van der Waals surface area contributed by atoms with Gasteiger partial charge in [-0.3, -0.25) is 0 Å². The second kappa shape index (κ2) is 6.23. The summed E-state index contributed by atoms with van der Waals surface area (Å²) in [7, 11) is 0. The number of carboxylic acid groups (broad SMARTS) is 1. The minimum atomic E-state index is -0.996. The molecule has 1 aromatic carbocycles. The van der Waals surface area contributed by atoms with Crippen LogP contribution in [-0.4, -0.2) is 27.3 Å². The molecule has 2 aromatic rings. The number of nitrogens with zero attached hydrogens (tertiary/aromatic N) is 2. The van der Waals surface area contributed by atoms with Crippen molar-refractivity contribution >= 4 is 45.2 Å². The molecule has 0 aliphatic carbocycles. The molecule has 20 heavy (non-hydrogen) atoms. The van der Waals surface area contributed by atoms with Crippen LogP contribution < -0.4 is 5.32 Å². The minimum absolute atomic E-state index is 0.182. The van der Waals surface area contributed by atoms with Crippen molar-refractivity contribution in [2.24, 2.45) is 0 Å². The molecule has 0 aliphatic heterocycles. The molecule has 1 aromatic heterocycles. The number of carbonyl (C=O) groups is 1. The first-order valence-corrected chi connectivity index (χ1v) is 7.71. The van der Waals surface area contributed by atoms with Crippen LogP contribution in [0.3, 0.4) is 0 Å². The molecule has 0 amide bonds. The zero-order chi connectivity index (χ0) is 14.7. The van der Waals surface area contributed by atoms with Gasteiger partial charge in [-0.1, -0.05) is 27.7 Å². The van der Waals surface area contributed by atoms with Gasteiger partial charge in [-0.15, -0.1) is 0 Å². The van der Waals surface area contributed by atoms with Crippen molar-refractivity contribution in [2.45, 2.75) is 12.1 Å². The third-order valence-electron chi connectivity index (χ3n) is 2.49. The van der Waals surface area contributed by atoms with Crippen LogP contribution in [0.4, 0.5) is 11.5 Å². The molecule has 2 N–H and O–H groups in total. The van der Waals surface area contributed by atoms with Crippen LogP contribution in [0.25, 0.3) is 0 Å². The summed E-state index contributed by atoms with van der Waals surface area (Å²) in [6.45, 7) is 1.87. The second-order valence-electron chi connectivity index (χ2n) is 4.00. The lowest BCUT2D eigenvalue weighted by molar-refractivity contribution is 0.0698. The van der Waals surface area contributed by atoms with Crippen molar-refractivity contribution in [1.82, 2.24) is 9.97 Å². The largest absolute Gasteiger partial charge is 0.478 e. The third kappa shape index (κ3) is 3.49. The average molecular weight is 354 g/mol. The van der Waals surface area contributed by atoms with Gasteiger partial charge in [0.15, 0.2) is 5.16 Å². The van der Waals surface area contributed by atoms with E-state index < -0.39 is 5.97 Å². The maximum Gasteiger partial charge on any atom is 0.337 e. The zero-order valence-corrected chi connectivity index (χ0v) is 13.2. The SMILES string of the molecule is CSc1nc(C)cc(Nc2ccc(Br)cc2C(=O)O)n1. The predicted molar refractivity (Wildman–Crippen MR) is 82.9 cm³/mol. The summed E-state index contributed by atoms with van der Waals surface area (Å²) in [6.07, 6.45) is 1.89. The van der Waals surface area contributed by atoms with Gasteiger partial charge in [0, 0.05) is 16.2 Å². The number of thioether (sulfide) groups is 1. The van der Waals surface area contributed by atoms with Crippen molar-refractivity contribution in [2.75, 3.05) is 11.6 Å². The first kappa shape index (κ1) is 14.8. The normalized spacial score (nSPS) is 10.3. The molecule has 0 fully saturated rings. The zero-order valence-electron chi connectivity index (χ0n) is 10.8. The number of hydrogen-bond donors (Lipinski definition) is 2. The number of halogens is 1. The third-order valence-corrected chi connectivity index (χ3v) is 3.53. The average Bonchev–Trinajstić information content (AvgIpc) is 2.40. The maximum absolute atomic E-state index is 11.3. The number of aryl methyl sites for hydroxylation is 1. The second-order valence-corrected chi connectivity index (χ2v) is 5.69. The maximum atomic E-state index is 11.3. The summed E-state index contributed by atoms with van der Waals surface area (Å²) in [5.74, 6) is -0.420. The van der Waals surface area contributed by atoms with Gasteiger partial charge in [0.25, 0.3) is 0 Å². The highest BCUT2D eigenvalue weighted by atomic mass is 79.9. The first-order chi connectivity index (χ1) is 9.49. The Balaban J connectivity index is 2.39. The van der Waals surface area contributed by atoms with Gasteiger partial charge in [-0.2, -0.15) is 0 Å². The monoisotopic (exact) mass is 353 g/mol. The van der Waals surface area contributed by atoms with Crippen LogP contribution in [0, 0.1) is 6.92 Å². The molecular formula is C13H12BrN3O2S. The van der Waals surface area contributed by atoms with Crippen LogP contribution in [0.2, 0.25) is 0 Å². The van der Waals surface area contributed by atoms with Crippen molar-refractivity contribution in [3.8, 4) is 0 Å². The van der Waals surface area contributed by atoms with Crippen molar-refractivity contribution in [3.63, 3.8) is 0 Å². The van der Waals surface area contributed by atoms with Gasteiger partial charge in [0.2, 0.25) is 0 Å². The Kier molecular flexibility index (Phi) is 4.61. The van der Waals surface area contributed by atoms with Gasteiger partial charge in [0.05, 0.1) is 11.3 Å². The van der Waals surface area contributed by atoms with E-state index in [0.29, 0.717) is 21.1 Å². The molecule has 7 heteroatoms. The summed E-state index contributed by atoms with van der Waals surface area (Å²) in [4.78, 5) is 19.8. The molecule has 2 rings (SSSR count). The molecule has 1 heterocycles. The molecule has 5 nitrogen and oxygen atoms in total. The quantitative estimate of drug-likeness (QED) is 0.644.